The van der Waals surface area contributed by atoms with Crippen LogP contribution in [0.5, 0.6) is 0 Å². The lowest BCUT2D eigenvalue weighted by molar-refractivity contribution is -0.139. The summed E-state index contributed by atoms with van der Waals surface area (Å²) in [6.45, 7) is 40.8. The van der Waals surface area contributed by atoms with E-state index in [1.54, 1.807) is 6.20 Å². The van der Waals surface area contributed by atoms with Gasteiger partial charge in [-0.05, 0) is 244 Å². The van der Waals surface area contributed by atoms with Gasteiger partial charge in [-0.3, -0.25) is 9.78 Å². The summed E-state index contributed by atoms with van der Waals surface area (Å²) < 4.78 is 31.3. The van der Waals surface area contributed by atoms with E-state index in [0.717, 1.165) is 73.5 Å². The number of carbonyl (C=O) groups is 1. The van der Waals surface area contributed by atoms with E-state index >= 15 is 0 Å². The van der Waals surface area contributed by atoms with Gasteiger partial charge in [0.1, 0.15) is 0 Å². The maximum atomic E-state index is 11.8. The third kappa shape index (κ3) is 14.9. The molecule has 10 heteroatoms. The number of aryl methyl sites for hydroxylation is 6. The molecule has 2 heterocycles. The van der Waals surface area contributed by atoms with Gasteiger partial charge in [0.2, 0.25) is 0 Å². The smallest absolute Gasteiger partial charge is 0.469 e. The summed E-state index contributed by atoms with van der Waals surface area (Å²) in [4.78, 5) is 16.2. The molecule has 0 bridgehead atoms. The predicted octanol–water partition coefficient (Wildman–Crippen LogP) is 18.1. The molecule has 446 valence electrons. The van der Waals surface area contributed by atoms with Crippen molar-refractivity contribution in [3.63, 3.8) is 0 Å². The first-order valence-electron chi connectivity index (χ1n) is 31.7. The number of rotatable bonds is 22. The van der Waals surface area contributed by atoms with Crippen LogP contribution in [0.1, 0.15) is 206 Å². The van der Waals surface area contributed by atoms with Gasteiger partial charge in [-0.25, -0.2) is 0 Å². The van der Waals surface area contributed by atoms with E-state index in [4.69, 9.17) is 22.9 Å². The molecule has 0 radical (unpaired) electrons. The number of aromatic nitrogens is 1. The molecule has 7 nitrogen and oxygen atoms in total. The van der Waals surface area contributed by atoms with E-state index in [1.807, 2.05) is 12.3 Å². The van der Waals surface area contributed by atoms with Crippen LogP contribution in [0.2, 0.25) is 39.3 Å². The molecule has 3 aliphatic rings. The Hall–Kier alpha value is -4.16. The molecule has 4 aromatic carbocycles. The third-order valence-corrected chi connectivity index (χ3v) is 21.9. The van der Waals surface area contributed by atoms with Crippen LogP contribution < -0.4 is 5.46 Å². The summed E-state index contributed by atoms with van der Waals surface area (Å²) in [5.74, 6) is -0.254. The summed E-state index contributed by atoms with van der Waals surface area (Å²) in [6.07, 6.45) is 22.6. The number of esters is 1. The first-order chi connectivity index (χ1) is 38.5. The Labute approximate surface area is 500 Å². The lowest BCUT2D eigenvalue weighted by atomic mass is 9.67. The van der Waals surface area contributed by atoms with Gasteiger partial charge in [-0.1, -0.05) is 132 Å². The number of hydrogen-bond acceptors (Lipinski definition) is 7. The molecule has 1 aliphatic heterocycles. The standard InChI is InChI=1S/C37H51NO3Si.C35H55BO3Si/c1-9-37(10-2,33-15-16-34(28(4)22-33)31-23-29(25-38-26-31)24-35(39)40-5)32-14-13-30(27(3)21-32)17-20-36(18-11-12-19-36)41-42(6,7)8;1-12-35(13-2,30-18-19-31(27(4)25-30)36-37-32(5,6)33(7,8)38-36)29-17-16-28(26(3)24-29)20-23-34(21-14-15-22-34)39-40(9,10)11/h13-16,21-23,25-26H,9-12,17-20,24H2,1-8H3;16-19,24-25H,12-15,20-23H2,1-11H3. The Kier molecular flexibility index (Phi) is 20.9. The maximum absolute atomic E-state index is 11.8. The number of hydrogen-bond donors (Lipinski definition) is 0. The summed E-state index contributed by atoms with van der Waals surface area (Å²) in [7, 11) is -2.08. The number of carbonyl (C=O) groups excluding carboxylic acids is 1. The molecule has 2 saturated carbocycles. The fraction of sp³-hybridized carbons (Fsp3) is 0.583. The number of benzene rings is 4. The highest BCUT2D eigenvalue weighted by Gasteiger charge is 2.52. The zero-order chi connectivity index (χ0) is 60.1. The van der Waals surface area contributed by atoms with Crippen LogP contribution in [0.25, 0.3) is 11.1 Å². The molecule has 0 unspecified atom stereocenters. The molecule has 0 spiro atoms. The van der Waals surface area contributed by atoms with Gasteiger partial charge in [0.05, 0.1) is 35.9 Å². The zero-order valence-electron chi connectivity index (χ0n) is 54.7. The van der Waals surface area contributed by atoms with Crippen LogP contribution in [-0.2, 0) is 57.8 Å². The molecule has 0 N–H and O–H groups in total. The quantitative estimate of drug-likeness (QED) is 0.0505. The molecule has 3 fully saturated rings. The van der Waals surface area contributed by atoms with Gasteiger partial charge in [-0.2, -0.15) is 0 Å². The van der Waals surface area contributed by atoms with Crippen molar-refractivity contribution >= 4 is 35.2 Å². The zero-order valence-corrected chi connectivity index (χ0v) is 56.7. The van der Waals surface area contributed by atoms with E-state index in [-0.39, 0.29) is 52.7 Å². The minimum absolute atomic E-state index is 0.0177. The van der Waals surface area contributed by atoms with Crippen molar-refractivity contribution in [1.29, 1.82) is 0 Å². The van der Waals surface area contributed by atoms with E-state index in [1.165, 1.54) is 114 Å². The minimum atomic E-state index is -1.59. The van der Waals surface area contributed by atoms with Crippen molar-refractivity contribution in [2.24, 2.45) is 0 Å². The van der Waals surface area contributed by atoms with Gasteiger partial charge in [0.25, 0.3) is 0 Å². The van der Waals surface area contributed by atoms with E-state index in [9.17, 15) is 4.79 Å². The number of pyridine rings is 1. The first kappa shape index (κ1) is 65.4. The predicted molar refractivity (Wildman–Crippen MR) is 350 cm³/mol. The van der Waals surface area contributed by atoms with E-state index < -0.39 is 16.6 Å². The number of ether oxygens (including phenoxy) is 1. The van der Waals surface area contributed by atoms with Gasteiger partial charge in [0, 0.05) is 28.8 Å². The Morgan fingerprint density at radius 1 is 0.561 bits per heavy atom. The number of methoxy groups -OCH3 is 1. The monoisotopic (exact) mass is 1150 g/mol. The number of nitrogens with zero attached hydrogens (tertiary/aromatic N) is 1. The summed E-state index contributed by atoms with van der Waals surface area (Å²) in [5.41, 5.74) is 17.4. The van der Waals surface area contributed by atoms with Gasteiger partial charge < -0.3 is 22.9 Å². The molecule has 0 amide bonds. The molecular formula is C72H106BNO6Si2. The molecule has 1 aromatic heterocycles. The lowest BCUT2D eigenvalue weighted by Crippen LogP contribution is -2.41. The van der Waals surface area contributed by atoms with Crippen LogP contribution in [0.3, 0.4) is 0 Å². The van der Waals surface area contributed by atoms with Crippen molar-refractivity contribution in [1.82, 2.24) is 4.98 Å². The van der Waals surface area contributed by atoms with Crippen molar-refractivity contribution in [3.05, 3.63) is 152 Å². The molecule has 2 aliphatic carbocycles. The Bertz CT molecular complexity index is 2950. The third-order valence-electron chi connectivity index (χ3n) is 19.8. The molecular weight excluding hydrogens is 1040 g/mol. The average Bonchev–Trinajstić information content (AvgIpc) is 2.57. The fourth-order valence-electron chi connectivity index (χ4n) is 14.3. The summed E-state index contributed by atoms with van der Waals surface area (Å²) in [5, 5.41) is 0. The van der Waals surface area contributed by atoms with Crippen molar-refractivity contribution in [2.75, 3.05) is 7.11 Å². The first-order valence-corrected chi connectivity index (χ1v) is 38.5. The highest BCUT2D eigenvalue weighted by atomic mass is 28.4. The van der Waals surface area contributed by atoms with Crippen molar-refractivity contribution in [2.45, 2.75) is 265 Å². The Balaban J connectivity index is 0.000000236. The van der Waals surface area contributed by atoms with Gasteiger partial charge in [-0.15, -0.1) is 0 Å². The maximum Gasteiger partial charge on any atom is 0.495 e. The molecule has 5 aromatic rings. The molecule has 0 atom stereocenters. The Morgan fingerprint density at radius 3 is 1.34 bits per heavy atom. The van der Waals surface area contributed by atoms with Crippen LogP contribution in [0, 0.1) is 27.7 Å². The highest BCUT2D eigenvalue weighted by molar-refractivity contribution is 6.70. The van der Waals surface area contributed by atoms with Gasteiger partial charge in [0.15, 0.2) is 16.6 Å². The van der Waals surface area contributed by atoms with Crippen molar-refractivity contribution < 1.29 is 27.7 Å². The lowest BCUT2D eigenvalue weighted by Gasteiger charge is -2.37. The van der Waals surface area contributed by atoms with E-state index in [0.29, 0.717) is 0 Å². The SMILES string of the molecule is CCC(CC)(c1ccc(CCC2(O[Si](C)(C)C)CCCC2)c(C)c1)c1ccc(-c2cncc(CC(=O)OC)c2)c(C)c1.CCC(CC)(c1ccc(CCC2(O[Si](C)(C)C)CCCC2)c(C)c1)c1ccc(B2OC(C)(C)C(C)(C)O2)c(C)c1. The topological polar surface area (TPSA) is 76.1 Å². The average molecular weight is 1150 g/mol. The molecule has 82 heavy (non-hydrogen) atoms. The van der Waals surface area contributed by atoms with Crippen LogP contribution in [-0.4, -0.2) is 64.2 Å². The summed E-state index contributed by atoms with van der Waals surface area (Å²) >= 11 is 0. The van der Waals surface area contributed by atoms with Crippen LogP contribution >= 0.6 is 0 Å². The largest absolute Gasteiger partial charge is 0.495 e. The van der Waals surface area contributed by atoms with Gasteiger partial charge >= 0.3 is 13.1 Å². The molecule has 8 rings (SSSR count). The second kappa shape index (κ2) is 26.2. The summed E-state index contributed by atoms with van der Waals surface area (Å²) in [6, 6.07) is 30.4. The fourth-order valence-corrected chi connectivity index (χ4v) is 17.6. The normalized spacial score (nSPS) is 17.7. The highest BCUT2D eigenvalue weighted by Crippen LogP contribution is 2.45. The minimum Gasteiger partial charge on any atom is -0.469 e. The second-order valence-electron chi connectivity index (χ2n) is 28.1. The van der Waals surface area contributed by atoms with Crippen molar-refractivity contribution in [3.8, 4) is 11.1 Å². The second-order valence-corrected chi connectivity index (χ2v) is 37.0. The van der Waals surface area contributed by atoms with Crippen LogP contribution in [0.4, 0.5) is 0 Å². The van der Waals surface area contributed by atoms with E-state index in [2.05, 4.69) is 200 Å². The van der Waals surface area contributed by atoms with Crippen LogP contribution in [0.15, 0.2) is 91.3 Å². The molecule has 1 saturated heterocycles. The Morgan fingerprint density at radius 2 is 0.963 bits per heavy atom.